The summed E-state index contributed by atoms with van der Waals surface area (Å²) in [5.41, 5.74) is 1.05. The quantitative estimate of drug-likeness (QED) is 0.726. The number of amides is 1. The Morgan fingerprint density at radius 3 is 2.65 bits per heavy atom. The molecule has 1 unspecified atom stereocenters. The molecule has 2 heterocycles. The minimum atomic E-state index is -0.168. The van der Waals surface area contributed by atoms with Gasteiger partial charge in [0.1, 0.15) is 0 Å². The third kappa shape index (κ3) is 4.17. The van der Waals surface area contributed by atoms with Gasteiger partial charge in [0.25, 0.3) is 5.95 Å². The lowest BCUT2D eigenvalue weighted by atomic mass is 9.95. The van der Waals surface area contributed by atoms with Crippen LogP contribution in [0.2, 0.25) is 5.02 Å². The summed E-state index contributed by atoms with van der Waals surface area (Å²) < 4.78 is 2.04. The van der Waals surface area contributed by atoms with Gasteiger partial charge < -0.3 is 4.57 Å². The molecule has 23 heavy (non-hydrogen) atoms. The molecular formula is C15H15ClN6O. The molecule has 1 atom stereocenters. The fourth-order valence-electron chi connectivity index (χ4n) is 2.38. The lowest BCUT2D eigenvalue weighted by molar-refractivity contribution is -0.116. The van der Waals surface area contributed by atoms with Gasteiger partial charge in [0.2, 0.25) is 5.91 Å². The van der Waals surface area contributed by atoms with Gasteiger partial charge in [0.05, 0.1) is 0 Å². The Morgan fingerprint density at radius 2 is 2.00 bits per heavy atom. The van der Waals surface area contributed by atoms with E-state index in [1.165, 1.54) is 0 Å². The molecule has 1 amide bonds. The molecule has 3 aromatic rings. The van der Waals surface area contributed by atoms with Gasteiger partial charge in [0, 0.05) is 36.3 Å². The number of tetrazole rings is 1. The fourth-order valence-corrected chi connectivity index (χ4v) is 2.51. The van der Waals surface area contributed by atoms with Gasteiger partial charge in [0.15, 0.2) is 0 Å². The lowest BCUT2D eigenvalue weighted by Crippen LogP contribution is -2.19. The highest BCUT2D eigenvalue weighted by molar-refractivity contribution is 6.30. The first-order chi connectivity index (χ1) is 11.2. The molecule has 8 heteroatoms. The first-order valence-electron chi connectivity index (χ1n) is 7.10. The second kappa shape index (κ2) is 7.06. The van der Waals surface area contributed by atoms with Crippen LogP contribution >= 0.6 is 11.6 Å². The van der Waals surface area contributed by atoms with Crippen LogP contribution in [0.1, 0.15) is 17.9 Å². The number of nitrogens with zero attached hydrogens (tertiary/aromatic N) is 4. The number of carbonyl (C=O) groups excluding carboxylic acids is 1. The highest BCUT2D eigenvalue weighted by Gasteiger charge is 2.18. The molecule has 0 spiro atoms. The molecule has 118 valence electrons. The van der Waals surface area contributed by atoms with Crippen LogP contribution < -0.4 is 5.32 Å². The van der Waals surface area contributed by atoms with E-state index in [9.17, 15) is 4.79 Å². The Morgan fingerprint density at radius 1 is 1.26 bits per heavy atom. The summed E-state index contributed by atoms with van der Waals surface area (Å²) in [6.45, 7) is 0.689. The van der Waals surface area contributed by atoms with Crippen LogP contribution in [0.4, 0.5) is 5.95 Å². The highest BCUT2D eigenvalue weighted by atomic mass is 35.5. The third-order valence-electron chi connectivity index (χ3n) is 3.47. The maximum absolute atomic E-state index is 12.2. The number of H-pyrrole nitrogens is 1. The molecule has 1 aromatic carbocycles. The average Bonchev–Trinajstić information content (AvgIpc) is 3.21. The predicted molar refractivity (Wildman–Crippen MR) is 86.0 cm³/mol. The van der Waals surface area contributed by atoms with Crippen molar-refractivity contribution >= 4 is 23.5 Å². The van der Waals surface area contributed by atoms with Crippen molar-refractivity contribution in [3.63, 3.8) is 0 Å². The van der Waals surface area contributed by atoms with E-state index >= 15 is 0 Å². The average molecular weight is 331 g/mol. The van der Waals surface area contributed by atoms with Gasteiger partial charge in [-0.05, 0) is 35.0 Å². The SMILES string of the molecule is O=C(CC(Cn1cccc1)c1ccc(Cl)cc1)Nc1nn[nH]n1. The van der Waals surface area contributed by atoms with Crippen molar-refractivity contribution in [2.45, 2.75) is 18.9 Å². The molecule has 0 aliphatic heterocycles. The van der Waals surface area contributed by atoms with Crippen LogP contribution in [0.15, 0.2) is 48.8 Å². The lowest BCUT2D eigenvalue weighted by Gasteiger charge is -2.17. The number of rotatable bonds is 6. The highest BCUT2D eigenvalue weighted by Crippen LogP contribution is 2.24. The van der Waals surface area contributed by atoms with Crippen LogP contribution in [0.5, 0.6) is 0 Å². The largest absolute Gasteiger partial charge is 0.354 e. The number of hydrogen-bond acceptors (Lipinski definition) is 4. The number of anilines is 1. The van der Waals surface area contributed by atoms with Crippen LogP contribution in [0, 0.1) is 0 Å². The first-order valence-corrected chi connectivity index (χ1v) is 7.48. The second-order valence-electron chi connectivity index (χ2n) is 5.12. The number of carbonyl (C=O) groups is 1. The van der Waals surface area contributed by atoms with Gasteiger partial charge in [-0.25, -0.2) is 0 Å². The Labute approximate surface area is 137 Å². The zero-order valence-electron chi connectivity index (χ0n) is 12.2. The summed E-state index contributed by atoms with van der Waals surface area (Å²) in [4.78, 5) is 12.2. The van der Waals surface area contributed by atoms with E-state index in [4.69, 9.17) is 11.6 Å². The van der Waals surface area contributed by atoms with E-state index in [2.05, 4.69) is 25.9 Å². The normalized spacial score (nSPS) is 12.0. The Hall–Kier alpha value is -2.67. The maximum atomic E-state index is 12.2. The number of halogens is 1. The standard InChI is InChI=1S/C15H15ClN6O/c16-13-5-3-11(4-6-13)12(10-22-7-1-2-8-22)9-14(23)17-15-18-20-21-19-15/h1-8,12H,9-10H2,(H2,17,18,19,20,21,23). The summed E-state index contributed by atoms with van der Waals surface area (Å²) in [5, 5.41) is 16.4. The fraction of sp³-hybridized carbons (Fsp3) is 0.200. The van der Waals surface area contributed by atoms with Gasteiger partial charge in [-0.2, -0.15) is 5.21 Å². The van der Waals surface area contributed by atoms with Crippen LogP contribution in [-0.2, 0) is 11.3 Å². The molecule has 0 bridgehead atoms. The number of aromatic nitrogens is 5. The Bertz CT molecular complexity index is 739. The van der Waals surface area contributed by atoms with Gasteiger partial charge >= 0.3 is 0 Å². The van der Waals surface area contributed by atoms with E-state index in [0.717, 1.165) is 5.56 Å². The van der Waals surface area contributed by atoms with Crippen molar-refractivity contribution in [2.75, 3.05) is 5.32 Å². The first kappa shape index (κ1) is 15.2. The van der Waals surface area contributed by atoms with Crippen LogP contribution in [0.3, 0.4) is 0 Å². The molecule has 0 radical (unpaired) electrons. The number of hydrogen-bond donors (Lipinski definition) is 2. The van der Waals surface area contributed by atoms with Crippen molar-refractivity contribution in [3.8, 4) is 0 Å². The van der Waals surface area contributed by atoms with E-state index in [-0.39, 0.29) is 17.8 Å². The summed E-state index contributed by atoms with van der Waals surface area (Å²) in [5.74, 6) is 0.0101. The molecule has 0 fully saturated rings. The molecule has 0 saturated heterocycles. The smallest absolute Gasteiger partial charge is 0.269 e. The third-order valence-corrected chi connectivity index (χ3v) is 3.72. The van der Waals surface area contributed by atoms with Crippen LogP contribution in [-0.4, -0.2) is 31.1 Å². The number of aromatic amines is 1. The molecular weight excluding hydrogens is 316 g/mol. The summed E-state index contributed by atoms with van der Waals surface area (Å²) >= 11 is 5.95. The molecule has 0 aliphatic carbocycles. The molecule has 3 rings (SSSR count). The molecule has 0 saturated carbocycles. The van der Waals surface area contributed by atoms with E-state index in [1.54, 1.807) is 0 Å². The minimum absolute atomic E-state index is 0.00608. The monoisotopic (exact) mass is 330 g/mol. The van der Waals surface area contributed by atoms with Gasteiger partial charge in [-0.3, -0.25) is 10.1 Å². The van der Waals surface area contributed by atoms with Gasteiger partial charge in [-0.1, -0.05) is 28.8 Å². The molecule has 0 aliphatic rings. The summed E-state index contributed by atoms with van der Waals surface area (Å²) in [6.07, 6.45) is 4.24. The van der Waals surface area contributed by atoms with E-state index < -0.39 is 0 Å². The van der Waals surface area contributed by atoms with Gasteiger partial charge in [-0.15, -0.1) is 5.10 Å². The summed E-state index contributed by atoms with van der Waals surface area (Å²) in [7, 11) is 0. The summed E-state index contributed by atoms with van der Waals surface area (Å²) in [6, 6.07) is 11.5. The van der Waals surface area contributed by atoms with Crippen LogP contribution in [0.25, 0.3) is 0 Å². The molecule has 2 aromatic heterocycles. The zero-order chi connectivity index (χ0) is 16.1. The Balaban J connectivity index is 1.74. The van der Waals surface area contributed by atoms with E-state index in [0.29, 0.717) is 18.0 Å². The molecule has 2 N–H and O–H groups in total. The van der Waals surface area contributed by atoms with Crippen molar-refractivity contribution in [3.05, 3.63) is 59.4 Å². The van der Waals surface area contributed by atoms with Crippen molar-refractivity contribution in [1.29, 1.82) is 0 Å². The minimum Gasteiger partial charge on any atom is -0.354 e. The van der Waals surface area contributed by atoms with Crippen molar-refractivity contribution < 1.29 is 4.79 Å². The van der Waals surface area contributed by atoms with Crippen molar-refractivity contribution in [2.24, 2.45) is 0 Å². The van der Waals surface area contributed by atoms with Crippen molar-refractivity contribution in [1.82, 2.24) is 25.2 Å². The Kier molecular flexibility index (Phi) is 4.68. The second-order valence-corrected chi connectivity index (χ2v) is 5.55. The predicted octanol–water partition coefficient (Wildman–Crippen LogP) is 2.47. The van der Waals surface area contributed by atoms with E-state index in [1.807, 2.05) is 53.4 Å². The number of nitrogens with one attached hydrogen (secondary N) is 2. The molecule has 7 nitrogen and oxygen atoms in total. The topological polar surface area (TPSA) is 88.5 Å². The maximum Gasteiger partial charge on any atom is 0.269 e. The number of benzene rings is 1. The zero-order valence-corrected chi connectivity index (χ0v) is 12.9.